The van der Waals surface area contributed by atoms with Crippen molar-refractivity contribution in [2.75, 3.05) is 10.2 Å². The van der Waals surface area contributed by atoms with Crippen LogP contribution >= 0.6 is 11.3 Å². The molecule has 6 nitrogen and oxygen atoms in total. The molecule has 170 valence electrons. The summed E-state index contributed by atoms with van der Waals surface area (Å²) in [7, 11) is 0. The second-order valence-corrected chi connectivity index (χ2v) is 7.96. The molecule has 4 rings (SSSR count). The van der Waals surface area contributed by atoms with E-state index in [-0.39, 0.29) is 5.91 Å². The van der Waals surface area contributed by atoms with Crippen LogP contribution in [-0.4, -0.2) is 16.8 Å². The van der Waals surface area contributed by atoms with E-state index in [4.69, 9.17) is 4.74 Å². The summed E-state index contributed by atoms with van der Waals surface area (Å²) in [5.74, 6) is -0.272. The molecule has 34 heavy (non-hydrogen) atoms. The lowest BCUT2D eigenvalue weighted by atomic mass is 10.2. The number of carbonyl (C=O) groups excluding carboxylic acids is 2. The fourth-order valence-electron chi connectivity index (χ4n) is 3.11. The van der Waals surface area contributed by atoms with Gasteiger partial charge in [0.2, 0.25) is 11.8 Å². The normalized spacial score (nSPS) is 10.8. The van der Waals surface area contributed by atoms with E-state index >= 15 is 0 Å². The number of aromatic nitrogens is 1. The van der Waals surface area contributed by atoms with Crippen LogP contribution in [0.4, 0.5) is 20.9 Å². The van der Waals surface area contributed by atoms with Gasteiger partial charge in [0.05, 0.1) is 17.1 Å². The molecule has 0 spiro atoms. The van der Waals surface area contributed by atoms with Gasteiger partial charge in [0, 0.05) is 24.4 Å². The largest absolute Gasteiger partial charge is 0.455 e. The molecular formula is C26H20FN3O3S. The topological polar surface area (TPSA) is 71.5 Å². The zero-order chi connectivity index (χ0) is 23.9. The molecule has 0 saturated heterocycles. The number of carbonyl (C=O) groups is 2. The van der Waals surface area contributed by atoms with Crippen LogP contribution in [0.5, 0.6) is 11.5 Å². The summed E-state index contributed by atoms with van der Waals surface area (Å²) in [6.07, 6.45) is 2.91. The summed E-state index contributed by atoms with van der Waals surface area (Å²) in [6, 6.07) is 21.9. The maximum absolute atomic E-state index is 13.4. The highest BCUT2D eigenvalue weighted by Gasteiger charge is 2.17. The van der Waals surface area contributed by atoms with Gasteiger partial charge in [-0.3, -0.25) is 14.5 Å². The number of ether oxygens (including phenoxy) is 1. The van der Waals surface area contributed by atoms with Crippen LogP contribution in [0.25, 0.3) is 6.08 Å². The Morgan fingerprint density at radius 1 is 1.03 bits per heavy atom. The molecule has 3 aromatic carbocycles. The van der Waals surface area contributed by atoms with Crippen LogP contribution in [-0.2, 0) is 9.59 Å². The minimum atomic E-state index is -0.416. The van der Waals surface area contributed by atoms with Crippen LogP contribution in [0, 0.1) is 5.82 Å². The van der Waals surface area contributed by atoms with Gasteiger partial charge in [-0.15, -0.1) is 11.3 Å². The summed E-state index contributed by atoms with van der Waals surface area (Å²) >= 11 is 1.30. The molecule has 0 bridgehead atoms. The van der Waals surface area contributed by atoms with Crippen molar-refractivity contribution in [3.8, 4) is 11.5 Å². The predicted molar refractivity (Wildman–Crippen MR) is 132 cm³/mol. The third-order valence-electron chi connectivity index (χ3n) is 4.60. The SMILES string of the molecule is CC(=O)N(c1ccccc1)c1nc(/C=C/C(=O)Nc2ccccc2Oc2cccc(F)c2)cs1. The average Bonchev–Trinajstić information content (AvgIpc) is 3.28. The van der Waals surface area contributed by atoms with Crippen LogP contribution < -0.4 is 15.0 Å². The van der Waals surface area contributed by atoms with Crippen molar-refractivity contribution in [3.63, 3.8) is 0 Å². The number of hydrogen-bond acceptors (Lipinski definition) is 5. The molecule has 1 N–H and O–H groups in total. The summed E-state index contributed by atoms with van der Waals surface area (Å²) in [6.45, 7) is 1.47. The maximum atomic E-state index is 13.4. The lowest BCUT2D eigenvalue weighted by Gasteiger charge is -2.17. The summed E-state index contributed by atoms with van der Waals surface area (Å²) in [5.41, 5.74) is 1.70. The molecule has 2 amide bonds. The molecule has 0 fully saturated rings. The van der Waals surface area contributed by atoms with Crippen molar-refractivity contribution >= 4 is 45.7 Å². The quantitative estimate of drug-likeness (QED) is 0.315. The third kappa shape index (κ3) is 5.73. The number of rotatable bonds is 7. The number of nitrogens with one attached hydrogen (secondary N) is 1. The molecular weight excluding hydrogens is 453 g/mol. The fraction of sp³-hybridized carbons (Fsp3) is 0.0385. The molecule has 0 unspecified atom stereocenters. The van der Waals surface area contributed by atoms with Crippen LogP contribution in [0.2, 0.25) is 0 Å². The second kappa shape index (κ2) is 10.5. The molecule has 4 aromatic rings. The Balaban J connectivity index is 1.45. The van der Waals surface area contributed by atoms with Gasteiger partial charge in [0.25, 0.3) is 0 Å². The highest BCUT2D eigenvalue weighted by molar-refractivity contribution is 7.14. The monoisotopic (exact) mass is 473 g/mol. The molecule has 1 heterocycles. The Bertz CT molecular complexity index is 1340. The second-order valence-electron chi connectivity index (χ2n) is 7.12. The fourth-order valence-corrected chi connectivity index (χ4v) is 3.97. The Kier molecular flexibility index (Phi) is 7.10. The van der Waals surface area contributed by atoms with Crippen molar-refractivity contribution in [1.82, 2.24) is 4.98 Å². The maximum Gasteiger partial charge on any atom is 0.248 e. The van der Waals surface area contributed by atoms with E-state index in [1.807, 2.05) is 30.3 Å². The van der Waals surface area contributed by atoms with Gasteiger partial charge in [-0.05, 0) is 42.5 Å². The van der Waals surface area contributed by atoms with Crippen LogP contribution in [0.1, 0.15) is 12.6 Å². The first-order chi connectivity index (χ1) is 16.5. The zero-order valence-electron chi connectivity index (χ0n) is 18.1. The third-order valence-corrected chi connectivity index (χ3v) is 5.45. The standard InChI is InChI=1S/C26H20FN3O3S/c1-18(31)30(21-9-3-2-4-10-21)26-28-20(17-34-26)14-15-25(32)29-23-12-5-6-13-24(23)33-22-11-7-8-19(27)16-22/h2-17H,1H3,(H,29,32)/b15-14+. The molecule has 0 atom stereocenters. The Morgan fingerprint density at radius 3 is 2.56 bits per heavy atom. The number of hydrogen-bond donors (Lipinski definition) is 1. The van der Waals surface area contributed by atoms with E-state index in [1.54, 1.807) is 47.9 Å². The number of para-hydroxylation sites is 3. The first-order valence-corrected chi connectivity index (χ1v) is 11.2. The summed E-state index contributed by atoms with van der Waals surface area (Å²) in [5, 5.41) is 5.03. The van der Waals surface area contributed by atoms with Gasteiger partial charge in [-0.25, -0.2) is 9.37 Å². The van der Waals surface area contributed by atoms with Crippen molar-refractivity contribution in [1.29, 1.82) is 0 Å². The van der Waals surface area contributed by atoms with Gasteiger partial charge in [-0.1, -0.05) is 36.4 Å². The van der Waals surface area contributed by atoms with Crippen molar-refractivity contribution in [2.24, 2.45) is 0 Å². The first-order valence-electron chi connectivity index (χ1n) is 10.3. The van der Waals surface area contributed by atoms with Gasteiger partial charge in [0.15, 0.2) is 10.9 Å². The van der Waals surface area contributed by atoms with E-state index in [0.29, 0.717) is 33.7 Å². The number of halogens is 1. The number of benzene rings is 3. The Hall–Kier alpha value is -4.30. The van der Waals surface area contributed by atoms with Crippen LogP contribution in [0.3, 0.4) is 0 Å². The zero-order valence-corrected chi connectivity index (χ0v) is 19.0. The predicted octanol–water partition coefficient (Wildman–Crippen LogP) is 6.41. The molecule has 8 heteroatoms. The minimum absolute atomic E-state index is 0.163. The number of amides is 2. The van der Waals surface area contributed by atoms with E-state index in [0.717, 1.165) is 0 Å². The van der Waals surface area contributed by atoms with Crippen LogP contribution in [0.15, 0.2) is 90.3 Å². The lowest BCUT2D eigenvalue weighted by molar-refractivity contribution is -0.116. The molecule has 0 aliphatic heterocycles. The molecule has 0 saturated carbocycles. The van der Waals surface area contributed by atoms with Crippen molar-refractivity contribution < 1.29 is 18.7 Å². The lowest BCUT2D eigenvalue weighted by Crippen LogP contribution is -2.22. The summed E-state index contributed by atoms with van der Waals surface area (Å²) < 4.78 is 19.2. The number of thiazole rings is 1. The van der Waals surface area contributed by atoms with Gasteiger partial charge in [0.1, 0.15) is 11.6 Å². The number of anilines is 3. The van der Waals surface area contributed by atoms with E-state index in [2.05, 4.69) is 10.3 Å². The average molecular weight is 474 g/mol. The first kappa shape index (κ1) is 22.9. The van der Waals surface area contributed by atoms with Crippen molar-refractivity contribution in [3.05, 3.63) is 102 Å². The minimum Gasteiger partial charge on any atom is -0.455 e. The number of nitrogens with zero attached hydrogens (tertiary/aromatic N) is 2. The van der Waals surface area contributed by atoms with E-state index < -0.39 is 11.7 Å². The Labute approximate surface area is 200 Å². The summed E-state index contributed by atoms with van der Waals surface area (Å²) in [4.78, 5) is 30.7. The van der Waals surface area contributed by atoms with E-state index in [9.17, 15) is 14.0 Å². The van der Waals surface area contributed by atoms with Gasteiger partial charge in [-0.2, -0.15) is 0 Å². The molecule has 1 aromatic heterocycles. The molecule has 0 aliphatic rings. The Morgan fingerprint density at radius 2 is 1.79 bits per heavy atom. The van der Waals surface area contributed by atoms with Crippen molar-refractivity contribution in [2.45, 2.75) is 6.92 Å². The highest BCUT2D eigenvalue weighted by Crippen LogP contribution is 2.30. The molecule has 0 radical (unpaired) electrons. The van der Waals surface area contributed by atoms with Gasteiger partial charge >= 0.3 is 0 Å². The van der Waals surface area contributed by atoms with E-state index in [1.165, 1.54) is 41.4 Å². The highest BCUT2D eigenvalue weighted by atomic mass is 32.1. The molecule has 0 aliphatic carbocycles. The van der Waals surface area contributed by atoms with Gasteiger partial charge < -0.3 is 10.1 Å². The smallest absolute Gasteiger partial charge is 0.248 e.